The molecule has 0 amide bonds. The van der Waals surface area contributed by atoms with E-state index in [0.717, 1.165) is 31.3 Å². The summed E-state index contributed by atoms with van der Waals surface area (Å²) < 4.78 is 0. The zero-order valence-electron chi connectivity index (χ0n) is 11.9. The molecule has 4 atom stereocenters. The summed E-state index contributed by atoms with van der Waals surface area (Å²) in [6, 6.07) is 0.623. The lowest BCUT2D eigenvalue weighted by Crippen LogP contribution is -2.45. The van der Waals surface area contributed by atoms with E-state index in [1.54, 1.807) is 0 Å². The number of carboxylic acids is 1. The number of carboxylic acid groups (broad SMARTS) is 1. The van der Waals surface area contributed by atoms with Crippen LogP contribution in [0.3, 0.4) is 0 Å². The van der Waals surface area contributed by atoms with Crippen LogP contribution in [0.5, 0.6) is 0 Å². The highest BCUT2D eigenvalue weighted by Gasteiger charge is 2.39. The molecule has 1 aliphatic heterocycles. The Labute approximate surface area is 111 Å². The average molecular weight is 253 g/mol. The van der Waals surface area contributed by atoms with Crippen molar-refractivity contribution in [1.29, 1.82) is 0 Å². The quantitative estimate of drug-likeness (QED) is 0.841. The first-order valence-electron chi connectivity index (χ1n) is 7.46. The Morgan fingerprint density at radius 2 is 2.00 bits per heavy atom. The number of aliphatic carboxylic acids is 1. The predicted molar refractivity (Wildman–Crippen MR) is 72.4 cm³/mol. The summed E-state index contributed by atoms with van der Waals surface area (Å²) in [6.07, 6.45) is 4.76. The second kappa shape index (κ2) is 5.60. The Bertz CT molecular complexity index is 303. The van der Waals surface area contributed by atoms with Gasteiger partial charge < -0.3 is 5.11 Å². The maximum absolute atomic E-state index is 11.1. The van der Waals surface area contributed by atoms with Crippen molar-refractivity contribution < 1.29 is 9.90 Å². The largest absolute Gasteiger partial charge is 0.481 e. The van der Waals surface area contributed by atoms with Gasteiger partial charge in [0.05, 0.1) is 5.92 Å². The summed E-state index contributed by atoms with van der Waals surface area (Å²) in [5.41, 5.74) is 0. The average Bonchev–Trinajstić information content (AvgIpc) is 2.77. The Balaban J connectivity index is 2.02. The van der Waals surface area contributed by atoms with Crippen molar-refractivity contribution in [3.05, 3.63) is 0 Å². The SMILES string of the molecule is CC1CCC(C(C)C)C(N2CCC(C(=O)O)C2)C1. The van der Waals surface area contributed by atoms with E-state index in [2.05, 4.69) is 25.7 Å². The van der Waals surface area contributed by atoms with Crippen LogP contribution in [0.15, 0.2) is 0 Å². The highest BCUT2D eigenvalue weighted by Crippen LogP contribution is 2.38. The van der Waals surface area contributed by atoms with Crippen LogP contribution in [0.2, 0.25) is 0 Å². The normalized spacial score (nSPS) is 38.2. The van der Waals surface area contributed by atoms with Gasteiger partial charge in [0.25, 0.3) is 0 Å². The number of hydrogen-bond acceptors (Lipinski definition) is 2. The molecule has 1 heterocycles. The van der Waals surface area contributed by atoms with Gasteiger partial charge in [-0.15, -0.1) is 0 Å². The first-order chi connectivity index (χ1) is 8.49. The maximum atomic E-state index is 11.1. The molecule has 0 aromatic rings. The first kappa shape index (κ1) is 13.9. The van der Waals surface area contributed by atoms with Crippen LogP contribution in [-0.2, 0) is 4.79 Å². The van der Waals surface area contributed by atoms with Gasteiger partial charge in [-0.2, -0.15) is 0 Å². The van der Waals surface area contributed by atoms with Gasteiger partial charge in [-0.05, 0) is 43.6 Å². The predicted octanol–water partition coefficient (Wildman–Crippen LogP) is 2.85. The van der Waals surface area contributed by atoms with E-state index in [1.165, 1.54) is 19.3 Å². The standard InChI is InChI=1S/C15H27NO2/c1-10(2)13-5-4-11(3)8-14(13)16-7-6-12(9-16)15(17)18/h10-14H,4-9H2,1-3H3,(H,17,18). The molecule has 0 aromatic carbocycles. The third-order valence-electron chi connectivity index (χ3n) is 5.03. The molecule has 3 heteroatoms. The number of likely N-dealkylation sites (tertiary alicyclic amines) is 1. The van der Waals surface area contributed by atoms with Crippen molar-refractivity contribution in [3.8, 4) is 0 Å². The topological polar surface area (TPSA) is 40.5 Å². The summed E-state index contributed by atoms with van der Waals surface area (Å²) in [5.74, 6) is 1.53. The number of hydrogen-bond donors (Lipinski definition) is 1. The van der Waals surface area contributed by atoms with Crippen LogP contribution in [0.4, 0.5) is 0 Å². The van der Waals surface area contributed by atoms with Crippen molar-refractivity contribution in [2.24, 2.45) is 23.7 Å². The molecule has 4 unspecified atom stereocenters. The van der Waals surface area contributed by atoms with Crippen molar-refractivity contribution in [2.45, 2.75) is 52.5 Å². The van der Waals surface area contributed by atoms with Gasteiger partial charge in [-0.25, -0.2) is 0 Å². The van der Waals surface area contributed by atoms with Crippen LogP contribution in [0.1, 0.15) is 46.5 Å². The molecule has 1 saturated heterocycles. The fourth-order valence-corrected chi connectivity index (χ4v) is 3.86. The summed E-state index contributed by atoms with van der Waals surface area (Å²) in [4.78, 5) is 13.6. The third kappa shape index (κ3) is 2.87. The van der Waals surface area contributed by atoms with Crippen LogP contribution >= 0.6 is 0 Å². The molecule has 1 N–H and O–H groups in total. The molecule has 2 fully saturated rings. The second-order valence-electron chi connectivity index (χ2n) is 6.71. The highest BCUT2D eigenvalue weighted by atomic mass is 16.4. The Morgan fingerprint density at radius 3 is 2.56 bits per heavy atom. The molecule has 1 aliphatic carbocycles. The van der Waals surface area contributed by atoms with E-state index in [-0.39, 0.29) is 5.92 Å². The van der Waals surface area contributed by atoms with E-state index in [0.29, 0.717) is 12.0 Å². The van der Waals surface area contributed by atoms with E-state index in [1.807, 2.05) is 0 Å². The zero-order chi connectivity index (χ0) is 13.3. The van der Waals surface area contributed by atoms with Crippen LogP contribution in [0, 0.1) is 23.7 Å². The van der Waals surface area contributed by atoms with E-state index in [9.17, 15) is 4.79 Å². The van der Waals surface area contributed by atoms with E-state index in [4.69, 9.17) is 5.11 Å². The molecule has 18 heavy (non-hydrogen) atoms. The molecule has 2 aliphatic rings. The van der Waals surface area contributed by atoms with Gasteiger partial charge in [0.2, 0.25) is 0 Å². The molecule has 3 nitrogen and oxygen atoms in total. The van der Waals surface area contributed by atoms with Crippen molar-refractivity contribution in [1.82, 2.24) is 4.90 Å². The molecule has 1 saturated carbocycles. The van der Waals surface area contributed by atoms with Gasteiger partial charge in [-0.1, -0.05) is 27.2 Å². The number of nitrogens with zero attached hydrogens (tertiary/aromatic N) is 1. The van der Waals surface area contributed by atoms with Crippen LogP contribution in [0.25, 0.3) is 0 Å². The lowest BCUT2D eigenvalue weighted by atomic mass is 9.73. The molecule has 0 aromatic heterocycles. The molecular weight excluding hydrogens is 226 g/mol. The minimum Gasteiger partial charge on any atom is -0.481 e. The van der Waals surface area contributed by atoms with Crippen molar-refractivity contribution in [2.75, 3.05) is 13.1 Å². The van der Waals surface area contributed by atoms with Gasteiger partial charge in [0.1, 0.15) is 0 Å². The van der Waals surface area contributed by atoms with Crippen molar-refractivity contribution >= 4 is 5.97 Å². The zero-order valence-corrected chi connectivity index (χ0v) is 11.9. The molecule has 2 rings (SSSR count). The lowest BCUT2D eigenvalue weighted by Gasteiger charge is -2.42. The van der Waals surface area contributed by atoms with Crippen molar-refractivity contribution in [3.63, 3.8) is 0 Å². The summed E-state index contributed by atoms with van der Waals surface area (Å²) in [6.45, 7) is 8.73. The number of carbonyl (C=O) groups is 1. The molecular formula is C15H27NO2. The molecule has 104 valence electrons. The summed E-state index contributed by atoms with van der Waals surface area (Å²) in [7, 11) is 0. The van der Waals surface area contributed by atoms with Gasteiger partial charge in [-0.3, -0.25) is 9.69 Å². The van der Waals surface area contributed by atoms with Crippen LogP contribution in [-0.4, -0.2) is 35.1 Å². The molecule has 0 spiro atoms. The van der Waals surface area contributed by atoms with E-state index < -0.39 is 5.97 Å². The van der Waals surface area contributed by atoms with Gasteiger partial charge >= 0.3 is 5.97 Å². The van der Waals surface area contributed by atoms with Crippen LogP contribution < -0.4 is 0 Å². The van der Waals surface area contributed by atoms with E-state index >= 15 is 0 Å². The fourth-order valence-electron chi connectivity index (χ4n) is 3.86. The smallest absolute Gasteiger partial charge is 0.307 e. The minimum atomic E-state index is -0.609. The highest BCUT2D eigenvalue weighted by molar-refractivity contribution is 5.70. The lowest BCUT2D eigenvalue weighted by molar-refractivity contribution is -0.141. The monoisotopic (exact) mass is 253 g/mol. The minimum absolute atomic E-state index is 0.130. The number of rotatable bonds is 3. The Kier molecular flexibility index (Phi) is 4.31. The maximum Gasteiger partial charge on any atom is 0.307 e. The molecule has 0 bridgehead atoms. The summed E-state index contributed by atoms with van der Waals surface area (Å²) >= 11 is 0. The second-order valence-corrected chi connectivity index (χ2v) is 6.71. The Hall–Kier alpha value is -0.570. The Morgan fingerprint density at radius 1 is 1.28 bits per heavy atom. The van der Waals surface area contributed by atoms with Gasteiger partial charge in [0, 0.05) is 12.6 Å². The summed E-state index contributed by atoms with van der Waals surface area (Å²) in [5, 5.41) is 9.13. The molecule has 0 radical (unpaired) electrons. The first-order valence-corrected chi connectivity index (χ1v) is 7.46. The fraction of sp³-hybridized carbons (Fsp3) is 0.933. The van der Waals surface area contributed by atoms with Gasteiger partial charge in [0.15, 0.2) is 0 Å². The third-order valence-corrected chi connectivity index (χ3v) is 5.03.